The first-order chi connectivity index (χ1) is 39.9. The van der Waals surface area contributed by atoms with Crippen molar-refractivity contribution in [2.24, 2.45) is 32.9 Å². The van der Waals surface area contributed by atoms with Crippen molar-refractivity contribution in [3.05, 3.63) is 23.7 Å². The van der Waals surface area contributed by atoms with E-state index >= 15 is 0 Å². The number of guanidine groups is 2. The number of hydrogen-bond donors (Lipinski definition) is 12. The maximum Gasteiger partial charge on any atom is 0.410 e. The van der Waals surface area contributed by atoms with Crippen molar-refractivity contribution in [1.82, 2.24) is 30.2 Å². The summed E-state index contributed by atoms with van der Waals surface area (Å²) in [6.07, 6.45) is -5.69. The van der Waals surface area contributed by atoms with Crippen LogP contribution >= 0.6 is 0 Å². The number of rotatable bonds is 39. The zero-order valence-corrected chi connectivity index (χ0v) is 47.6. The van der Waals surface area contributed by atoms with Gasteiger partial charge in [-0.25, -0.2) is 34.0 Å². The highest BCUT2D eigenvalue weighted by Gasteiger charge is 2.48. The summed E-state index contributed by atoms with van der Waals surface area (Å²) in [4.78, 5) is 102. The molecule has 0 bridgehead atoms. The molecule has 0 fully saturated rings. The second-order valence-corrected chi connectivity index (χ2v) is 18.4. The van der Waals surface area contributed by atoms with E-state index in [-0.39, 0.29) is 85.6 Å². The Morgan fingerprint density at radius 1 is 0.583 bits per heavy atom. The van der Waals surface area contributed by atoms with E-state index in [1.54, 1.807) is 0 Å². The van der Waals surface area contributed by atoms with Gasteiger partial charge in [-0.2, -0.15) is 0 Å². The molecule has 10 atom stereocenters. The smallest absolute Gasteiger partial charge is 0.410 e. The molecule has 84 heavy (non-hydrogen) atoms. The molecule has 0 aliphatic carbocycles. The Morgan fingerprint density at radius 2 is 0.917 bits per heavy atom. The van der Waals surface area contributed by atoms with Gasteiger partial charge >= 0.3 is 30.2 Å². The van der Waals surface area contributed by atoms with Gasteiger partial charge in [0, 0.05) is 67.7 Å². The van der Waals surface area contributed by atoms with Crippen LogP contribution in [0.5, 0.6) is 0 Å². The molecule has 35 nitrogen and oxygen atoms in total. The fourth-order valence-corrected chi connectivity index (χ4v) is 7.72. The number of amides is 6. The Balaban J connectivity index is 2.13. The lowest BCUT2D eigenvalue weighted by Crippen LogP contribution is -2.61. The summed E-state index contributed by atoms with van der Waals surface area (Å²) in [5, 5.41) is 66.0. The van der Waals surface area contributed by atoms with Crippen LogP contribution in [0.3, 0.4) is 0 Å². The number of urea groups is 1. The van der Waals surface area contributed by atoms with Gasteiger partial charge in [0.15, 0.2) is 36.3 Å². The van der Waals surface area contributed by atoms with Crippen molar-refractivity contribution in [1.29, 1.82) is 0 Å². The molecule has 0 radical (unpaired) electrons. The third kappa shape index (κ3) is 26.4. The van der Waals surface area contributed by atoms with Crippen LogP contribution in [0.1, 0.15) is 13.8 Å². The number of nitrogens with zero attached hydrogens (tertiary/aromatic N) is 6. The van der Waals surface area contributed by atoms with Gasteiger partial charge in [-0.05, 0) is 12.2 Å². The number of hydrogen-bond acceptors (Lipinski definition) is 23. The highest BCUT2D eigenvalue weighted by Crippen LogP contribution is 2.29. The number of carboxylic acid groups (broad SMARTS) is 2. The number of aliphatic imine (C=N–C) groups is 2. The Kier molecular flexibility index (Phi) is 33.8. The third-order valence-electron chi connectivity index (χ3n) is 11.9. The van der Waals surface area contributed by atoms with E-state index in [9.17, 15) is 64.2 Å². The monoisotopic (exact) mass is 1210 g/mol. The van der Waals surface area contributed by atoms with Crippen molar-refractivity contribution in [3.8, 4) is 12.3 Å². The Labute approximate surface area is 484 Å². The number of aliphatic carboxylic acids is 2. The molecule has 0 aromatic carbocycles. The summed E-state index contributed by atoms with van der Waals surface area (Å²) in [5.74, 6) is -4.50. The molecule has 2 rings (SSSR count). The maximum absolute atomic E-state index is 13.8. The molecule has 476 valence electrons. The molecular formula is C49H82N12O23. The summed E-state index contributed by atoms with van der Waals surface area (Å²) < 4.78 is 55.5. The zero-order valence-electron chi connectivity index (χ0n) is 47.6. The van der Waals surface area contributed by atoms with Crippen LogP contribution in [-0.4, -0.2) is 311 Å². The highest BCUT2D eigenvalue weighted by atomic mass is 16.6. The predicted octanol–water partition coefficient (Wildman–Crippen LogP) is -6.32. The number of aliphatic hydroxyl groups is 4. The standard InChI is InChI=1S/C49H82N12O23/c1-7-13-75-19-21-79-23-24-80-22-20-78-14-8-58(4)47(72)61(11-17-76-15-9-59(5)48(73)83-39(33(66)27-62)41-37(54-29(2)64)31(56-45(50)51)25-35(81-41)43(68)69)12-18-77-16-10-60(6)49(74)84-40(34(67)28-63)42-38(55-30(3)65)32(57-46(52)53)26-36(82-42)44(70)71/h1,25-26,31-34,37-42,62-63,66-67H,8-24,27-28H2,2-6H3,(H,54,64)(H,55,65)(H,68,69)(H,70,71)(H4,50,51,56)(H4,52,53,57)/t31-,32-,33+,34+,37+,38+,39+,40+,41+,42+/m0/s1. The van der Waals surface area contributed by atoms with E-state index < -0.39 is 139 Å². The van der Waals surface area contributed by atoms with Gasteiger partial charge in [-0.1, -0.05) is 5.92 Å². The number of likely N-dealkylation sites (N-methyl/N-ethyl adjacent to an activating group) is 3. The summed E-state index contributed by atoms with van der Waals surface area (Å²) in [7, 11) is 4.15. The zero-order chi connectivity index (χ0) is 62.9. The Morgan fingerprint density at radius 3 is 1.25 bits per heavy atom. The van der Waals surface area contributed by atoms with E-state index in [0.717, 1.165) is 35.8 Å². The number of nitrogens with two attached hydrogens (primary N) is 4. The molecule has 0 unspecified atom stereocenters. The number of ether oxygens (including phenoxy) is 10. The van der Waals surface area contributed by atoms with Gasteiger partial charge in [0.05, 0.1) is 110 Å². The molecule has 6 amide bonds. The van der Waals surface area contributed by atoms with E-state index in [1.165, 1.54) is 30.9 Å². The lowest BCUT2D eigenvalue weighted by molar-refractivity contribution is -0.147. The lowest BCUT2D eigenvalue weighted by atomic mass is 9.92. The first-order valence-corrected chi connectivity index (χ1v) is 26.1. The molecular weight excluding hydrogens is 1120 g/mol. The van der Waals surface area contributed by atoms with Gasteiger partial charge in [0.25, 0.3) is 0 Å². The van der Waals surface area contributed by atoms with Gasteiger partial charge in [-0.15, -0.1) is 6.42 Å². The van der Waals surface area contributed by atoms with E-state index in [2.05, 4.69) is 26.5 Å². The van der Waals surface area contributed by atoms with E-state index in [1.807, 2.05) is 0 Å². The minimum absolute atomic E-state index is 0.0233. The van der Waals surface area contributed by atoms with Crippen LogP contribution in [0.15, 0.2) is 33.7 Å². The number of terminal acetylenes is 1. The summed E-state index contributed by atoms with van der Waals surface area (Å²) in [6.45, 7) is 1.76. The van der Waals surface area contributed by atoms with Gasteiger partial charge in [0.2, 0.25) is 23.3 Å². The fourth-order valence-electron chi connectivity index (χ4n) is 7.72. The van der Waals surface area contributed by atoms with E-state index in [0.29, 0.717) is 26.4 Å². The molecule has 2 aliphatic heterocycles. The minimum Gasteiger partial charge on any atom is -0.477 e. The molecule has 0 aromatic heterocycles. The predicted molar refractivity (Wildman–Crippen MR) is 291 cm³/mol. The first-order valence-electron chi connectivity index (χ1n) is 26.1. The van der Waals surface area contributed by atoms with Gasteiger partial charge in [0.1, 0.15) is 18.8 Å². The van der Waals surface area contributed by atoms with E-state index in [4.69, 9.17) is 76.7 Å². The molecule has 2 heterocycles. The average Bonchev–Trinajstić information content (AvgIpc) is 2.05. The summed E-state index contributed by atoms with van der Waals surface area (Å²) >= 11 is 0. The number of nitrogens with one attached hydrogen (secondary N) is 2. The summed E-state index contributed by atoms with van der Waals surface area (Å²) in [6, 6.07) is -5.65. The topological polar surface area (TPSA) is 499 Å². The Bertz CT molecular complexity index is 2140. The van der Waals surface area contributed by atoms with Crippen LogP contribution in [-0.2, 0) is 66.5 Å². The third-order valence-corrected chi connectivity index (χ3v) is 11.9. The van der Waals surface area contributed by atoms with Crippen molar-refractivity contribution in [3.63, 3.8) is 0 Å². The molecule has 0 spiro atoms. The highest BCUT2D eigenvalue weighted by molar-refractivity contribution is 5.86. The molecule has 0 aromatic rings. The van der Waals surface area contributed by atoms with Crippen molar-refractivity contribution < 1.29 is 112 Å². The van der Waals surface area contributed by atoms with Crippen molar-refractivity contribution in [2.45, 2.75) is 74.6 Å². The minimum atomic E-state index is -1.87. The largest absolute Gasteiger partial charge is 0.477 e. The van der Waals surface area contributed by atoms with Crippen molar-refractivity contribution in [2.75, 3.05) is 146 Å². The van der Waals surface area contributed by atoms with Crippen LogP contribution in [0.4, 0.5) is 14.4 Å². The average molecular weight is 1210 g/mol. The second-order valence-electron chi connectivity index (χ2n) is 18.4. The van der Waals surface area contributed by atoms with Crippen molar-refractivity contribution >= 4 is 53.9 Å². The Hall–Kier alpha value is -7.53. The number of aliphatic hydroxyl groups excluding tert-OH is 4. The molecule has 0 saturated heterocycles. The van der Waals surface area contributed by atoms with Crippen LogP contribution in [0, 0.1) is 12.3 Å². The lowest BCUT2D eigenvalue weighted by Gasteiger charge is -2.40. The number of carbonyl (C=O) groups excluding carboxylic acids is 5. The van der Waals surface area contributed by atoms with Crippen LogP contribution < -0.4 is 33.6 Å². The quantitative estimate of drug-likeness (QED) is 0.0118. The molecule has 35 heteroatoms. The molecule has 16 N–H and O–H groups in total. The molecule has 0 saturated carbocycles. The van der Waals surface area contributed by atoms with Gasteiger partial charge < -0.3 is 131 Å². The van der Waals surface area contributed by atoms with Crippen LogP contribution in [0.2, 0.25) is 0 Å². The van der Waals surface area contributed by atoms with Gasteiger partial charge in [-0.3, -0.25) is 9.59 Å². The molecule has 2 aliphatic rings. The number of carbonyl (C=O) groups is 7. The normalized spacial score (nSPS) is 19.5. The number of carboxylic acids is 2. The summed E-state index contributed by atoms with van der Waals surface area (Å²) in [5.41, 5.74) is 22.2. The maximum atomic E-state index is 13.8. The first kappa shape index (κ1) is 72.6. The second kappa shape index (κ2) is 39.1. The SMILES string of the molecule is C#CCOCCOCCOCCOCCN(C)C(=O)N(CCOCCN(C)C(=O)O[C@@H]([C@@H]1OC(C(=O)O)=C[C@H](N=C(N)N)[C@H]1NC(C)=O)[C@H](O)CO)CCOCCN(C)C(=O)O[C@@H]([C@@H]1OC(C(=O)O)=C[C@H](N=C(N)N)[C@H]1NC(C)=O)[C@H](O)CO. The van der Waals surface area contributed by atoms with Crippen LogP contribution in [0.25, 0.3) is 0 Å². The fraction of sp³-hybridized carbons (Fsp3) is 0.694.